The van der Waals surface area contributed by atoms with E-state index in [2.05, 4.69) is 13.8 Å². The Morgan fingerprint density at radius 2 is 1.17 bits per heavy atom. The normalized spacial score (nSPS) is 12.1. The molecule has 0 aliphatic carbocycles. The van der Waals surface area contributed by atoms with Gasteiger partial charge in [0.05, 0.1) is 7.11 Å². The Balaban J connectivity index is 3.93. The van der Waals surface area contributed by atoms with Gasteiger partial charge in [0.2, 0.25) is 0 Å². The second-order valence-electron chi connectivity index (χ2n) is 6.97. The summed E-state index contributed by atoms with van der Waals surface area (Å²) in [6.45, 7) is 4.42. The molecule has 1 unspecified atom stereocenters. The molecule has 0 spiro atoms. The molecule has 0 aromatic carbocycles. The molecule has 24 heavy (non-hydrogen) atoms. The number of esters is 1. The van der Waals surface area contributed by atoms with E-state index in [-0.39, 0.29) is 11.8 Å². The molecule has 0 saturated heterocycles. The molecular formula is C21H40O3. The van der Waals surface area contributed by atoms with Crippen molar-refractivity contribution in [2.24, 2.45) is 5.92 Å². The molecule has 0 aromatic rings. The van der Waals surface area contributed by atoms with Crippen LogP contribution in [0.15, 0.2) is 0 Å². The molecular weight excluding hydrogens is 300 g/mol. The van der Waals surface area contributed by atoms with E-state index in [1.807, 2.05) is 0 Å². The zero-order valence-electron chi connectivity index (χ0n) is 16.4. The summed E-state index contributed by atoms with van der Waals surface area (Å²) in [6, 6.07) is 0. The molecule has 142 valence electrons. The monoisotopic (exact) mass is 340 g/mol. The number of carbonyl (C=O) groups is 2. The van der Waals surface area contributed by atoms with E-state index in [0.717, 1.165) is 25.7 Å². The highest BCUT2D eigenvalue weighted by Gasteiger charge is 2.26. The molecule has 0 saturated carbocycles. The summed E-state index contributed by atoms with van der Waals surface area (Å²) in [5, 5.41) is 0. The maximum absolute atomic E-state index is 12.3. The molecule has 0 heterocycles. The predicted octanol–water partition coefficient (Wildman–Crippen LogP) is 6.24. The fourth-order valence-electron chi connectivity index (χ4n) is 3.11. The molecule has 3 heteroatoms. The van der Waals surface area contributed by atoms with Crippen LogP contribution in [0, 0.1) is 5.92 Å². The van der Waals surface area contributed by atoms with Crippen molar-refractivity contribution < 1.29 is 14.3 Å². The van der Waals surface area contributed by atoms with Gasteiger partial charge in [-0.3, -0.25) is 9.59 Å². The zero-order chi connectivity index (χ0) is 18.0. The highest BCUT2D eigenvalue weighted by atomic mass is 16.5. The first-order valence-corrected chi connectivity index (χ1v) is 10.3. The van der Waals surface area contributed by atoms with Crippen molar-refractivity contribution in [3.8, 4) is 0 Å². The minimum Gasteiger partial charge on any atom is -0.468 e. The van der Waals surface area contributed by atoms with Gasteiger partial charge >= 0.3 is 5.97 Å². The van der Waals surface area contributed by atoms with Crippen molar-refractivity contribution in [2.45, 2.75) is 110 Å². The third kappa shape index (κ3) is 12.5. The number of ether oxygens (including phenoxy) is 1. The average molecular weight is 341 g/mol. The van der Waals surface area contributed by atoms with Crippen LogP contribution in [0.5, 0.6) is 0 Å². The lowest BCUT2D eigenvalue weighted by atomic mass is 9.93. The Bertz CT molecular complexity index is 312. The maximum Gasteiger partial charge on any atom is 0.316 e. The summed E-state index contributed by atoms with van der Waals surface area (Å²) in [4.78, 5) is 24.2. The Hall–Kier alpha value is -0.860. The smallest absolute Gasteiger partial charge is 0.316 e. The fourth-order valence-corrected chi connectivity index (χ4v) is 3.11. The SMILES string of the molecule is CCCCCCCCCC(=O)C(CCCCCCCC)C(=O)OC. The molecule has 0 N–H and O–H groups in total. The van der Waals surface area contributed by atoms with E-state index >= 15 is 0 Å². The Labute approximate surface area is 149 Å². The number of rotatable bonds is 17. The van der Waals surface area contributed by atoms with Gasteiger partial charge in [-0.15, -0.1) is 0 Å². The molecule has 3 nitrogen and oxygen atoms in total. The van der Waals surface area contributed by atoms with E-state index in [4.69, 9.17) is 4.74 Å². The molecule has 0 rings (SSSR count). The molecule has 0 aliphatic heterocycles. The molecule has 0 radical (unpaired) electrons. The van der Waals surface area contributed by atoms with Gasteiger partial charge in [0.25, 0.3) is 0 Å². The first-order chi connectivity index (χ1) is 11.7. The summed E-state index contributed by atoms with van der Waals surface area (Å²) in [7, 11) is 1.39. The van der Waals surface area contributed by atoms with Gasteiger partial charge < -0.3 is 4.74 Å². The maximum atomic E-state index is 12.3. The first kappa shape index (κ1) is 23.1. The topological polar surface area (TPSA) is 43.4 Å². The van der Waals surface area contributed by atoms with Crippen molar-refractivity contribution in [3.05, 3.63) is 0 Å². The van der Waals surface area contributed by atoms with Gasteiger partial charge in [-0.1, -0.05) is 90.9 Å². The third-order valence-corrected chi connectivity index (χ3v) is 4.75. The van der Waals surface area contributed by atoms with E-state index in [9.17, 15) is 9.59 Å². The zero-order valence-corrected chi connectivity index (χ0v) is 16.4. The minimum absolute atomic E-state index is 0.0870. The highest BCUT2D eigenvalue weighted by Crippen LogP contribution is 2.18. The van der Waals surface area contributed by atoms with Crippen LogP contribution in [0.4, 0.5) is 0 Å². The second kappa shape index (κ2) is 17.0. The number of carbonyl (C=O) groups excluding carboxylic acids is 2. The van der Waals surface area contributed by atoms with Gasteiger partial charge in [-0.2, -0.15) is 0 Å². The van der Waals surface area contributed by atoms with Crippen molar-refractivity contribution in [3.63, 3.8) is 0 Å². The number of methoxy groups -OCH3 is 1. The molecule has 0 bridgehead atoms. The lowest BCUT2D eigenvalue weighted by Crippen LogP contribution is -2.25. The van der Waals surface area contributed by atoms with Crippen LogP contribution in [0.2, 0.25) is 0 Å². The van der Waals surface area contributed by atoms with Crippen LogP contribution >= 0.6 is 0 Å². The van der Waals surface area contributed by atoms with Crippen LogP contribution in [-0.4, -0.2) is 18.9 Å². The summed E-state index contributed by atoms with van der Waals surface area (Å²) in [5.74, 6) is -0.776. The predicted molar refractivity (Wildman–Crippen MR) is 101 cm³/mol. The number of unbranched alkanes of at least 4 members (excludes halogenated alkanes) is 11. The first-order valence-electron chi connectivity index (χ1n) is 10.3. The van der Waals surface area contributed by atoms with E-state index in [1.165, 1.54) is 64.9 Å². The van der Waals surface area contributed by atoms with Crippen LogP contribution in [0.1, 0.15) is 110 Å². The Morgan fingerprint density at radius 1 is 0.708 bits per heavy atom. The van der Waals surface area contributed by atoms with Gasteiger partial charge in [0, 0.05) is 6.42 Å². The van der Waals surface area contributed by atoms with Crippen LogP contribution in [-0.2, 0) is 14.3 Å². The lowest BCUT2D eigenvalue weighted by molar-refractivity contribution is -0.149. The minimum atomic E-state index is -0.527. The molecule has 0 aliphatic rings. The molecule has 1 atom stereocenters. The highest BCUT2D eigenvalue weighted by molar-refractivity contribution is 5.98. The van der Waals surface area contributed by atoms with E-state index in [0.29, 0.717) is 12.8 Å². The van der Waals surface area contributed by atoms with Crippen LogP contribution in [0.3, 0.4) is 0 Å². The summed E-state index contributed by atoms with van der Waals surface area (Å²) in [5.41, 5.74) is 0. The van der Waals surface area contributed by atoms with Crippen LogP contribution < -0.4 is 0 Å². The van der Waals surface area contributed by atoms with Crippen molar-refractivity contribution in [1.82, 2.24) is 0 Å². The van der Waals surface area contributed by atoms with Crippen molar-refractivity contribution >= 4 is 11.8 Å². The molecule has 0 fully saturated rings. The largest absolute Gasteiger partial charge is 0.468 e. The summed E-state index contributed by atoms with van der Waals surface area (Å²) >= 11 is 0. The van der Waals surface area contributed by atoms with Crippen LogP contribution in [0.25, 0.3) is 0 Å². The lowest BCUT2D eigenvalue weighted by Gasteiger charge is -2.13. The van der Waals surface area contributed by atoms with Gasteiger partial charge in [-0.25, -0.2) is 0 Å². The number of hydrogen-bond acceptors (Lipinski definition) is 3. The quantitative estimate of drug-likeness (QED) is 0.179. The Kier molecular flexibility index (Phi) is 16.4. The number of ketones is 1. The molecule has 0 aromatic heterocycles. The summed E-state index contributed by atoms with van der Waals surface area (Å²) < 4.78 is 4.84. The van der Waals surface area contributed by atoms with Gasteiger partial charge in [0.1, 0.15) is 11.7 Å². The average Bonchev–Trinajstić information content (AvgIpc) is 2.59. The van der Waals surface area contributed by atoms with E-state index in [1.54, 1.807) is 0 Å². The molecule has 0 amide bonds. The number of Topliss-reactive ketones (excluding diaryl/α,β-unsaturated/α-hetero) is 1. The second-order valence-corrected chi connectivity index (χ2v) is 6.97. The van der Waals surface area contributed by atoms with Crippen molar-refractivity contribution in [1.29, 1.82) is 0 Å². The van der Waals surface area contributed by atoms with Crippen molar-refractivity contribution in [2.75, 3.05) is 7.11 Å². The van der Waals surface area contributed by atoms with E-state index < -0.39 is 5.92 Å². The fraction of sp³-hybridized carbons (Fsp3) is 0.905. The Morgan fingerprint density at radius 3 is 1.67 bits per heavy atom. The third-order valence-electron chi connectivity index (χ3n) is 4.75. The summed E-state index contributed by atoms with van der Waals surface area (Å²) in [6.07, 6.45) is 16.6. The van der Waals surface area contributed by atoms with Gasteiger partial charge in [0.15, 0.2) is 0 Å². The van der Waals surface area contributed by atoms with Gasteiger partial charge in [-0.05, 0) is 12.8 Å². The number of hydrogen-bond donors (Lipinski definition) is 0. The standard InChI is InChI=1S/C21H40O3/c1-4-6-8-10-12-14-16-18-20(22)19(21(23)24-3)17-15-13-11-9-7-5-2/h19H,4-18H2,1-3H3.